The highest BCUT2D eigenvalue weighted by molar-refractivity contribution is 7.80. The van der Waals surface area contributed by atoms with Crippen LogP contribution in [0.1, 0.15) is 48.6 Å². The fourth-order valence-corrected chi connectivity index (χ4v) is 4.80. The number of ether oxygens (including phenoxy) is 1. The third kappa shape index (κ3) is 4.66. The quantitative estimate of drug-likeness (QED) is 0.303. The number of nitrogens with zero attached hydrogens (tertiary/aromatic N) is 2. The predicted octanol–water partition coefficient (Wildman–Crippen LogP) is 6.60. The van der Waals surface area contributed by atoms with E-state index in [-0.39, 0.29) is 17.5 Å². The summed E-state index contributed by atoms with van der Waals surface area (Å²) >= 11 is 5.87. The molecule has 35 heavy (non-hydrogen) atoms. The highest BCUT2D eigenvalue weighted by Gasteiger charge is 2.35. The number of hydrogen-bond acceptors (Lipinski definition) is 4. The number of anilines is 1. The standard InChI is InChI=1S/C29H30N2O3S/c1-6-29(3,4)22-15-21(27(34-5)17-26(22)33)25-16-23(19-11-13-20(32)14-12-19)30-28(35)31(25)24-10-8-7-9-18(24)2/h6-15,17,25,32-33H,1,16H2,2-5H3. The van der Waals surface area contributed by atoms with Gasteiger partial charge in [-0.05, 0) is 66.7 Å². The van der Waals surface area contributed by atoms with E-state index in [1.807, 2.05) is 56.3 Å². The fraction of sp³-hybridized carbons (Fsp3) is 0.241. The summed E-state index contributed by atoms with van der Waals surface area (Å²) in [5.41, 5.74) is 4.96. The van der Waals surface area contributed by atoms with Crippen molar-refractivity contribution < 1.29 is 14.9 Å². The number of para-hydroxylation sites is 1. The molecule has 0 amide bonds. The minimum atomic E-state index is -0.457. The van der Waals surface area contributed by atoms with E-state index in [9.17, 15) is 10.2 Å². The molecule has 3 aromatic rings. The number of hydrogen-bond donors (Lipinski definition) is 2. The molecule has 1 atom stereocenters. The Balaban J connectivity index is 1.94. The van der Waals surface area contributed by atoms with Crippen LogP contribution in [-0.2, 0) is 5.41 Å². The Morgan fingerprint density at radius 1 is 1.11 bits per heavy atom. The summed E-state index contributed by atoms with van der Waals surface area (Å²) in [4.78, 5) is 6.87. The average Bonchev–Trinajstić information content (AvgIpc) is 2.84. The van der Waals surface area contributed by atoms with E-state index in [4.69, 9.17) is 21.9 Å². The molecule has 6 heteroatoms. The maximum absolute atomic E-state index is 10.8. The monoisotopic (exact) mass is 486 g/mol. The van der Waals surface area contributed by atoms with Crippen LogP contribution in [0.15, 0.2) is 78.3 Å². The van der Waals surface area contributed by atoms with E-state index in [1.165, 1.54) is 0 Å². The minimum Gasteiger partial charge on any atom is -0.508 e. The van der Waals surface area contributed by atoms with Crippen LogP contribution in [0.4, 0.5) is 5.69 Å². The summed E-state index contributed by atoms with van der Waals surface area (Å²) < 4.78 is 5.76. The van der Waals surface area contributed by atoms with Crippen LogP contribution in [0.3, 0.4) is 0 Å². The largest absolute Gasteiger partial charge is 0.508 e. The van der Waals surface area contributed by atoms with E-state index in [1.54, 1.807) is 25.3 Å². The molecular formula is C29H30N2O3S. The van der Waals surface area contributed by atoms with Crippen molar-refractivity contribution in [2.75, 3.05) is 12.0 Å². The number of aliphatic imine (C=N–C) groups is 1. The molecule has 0 bridgehead atoms. The van der Waals surface area contributed by atoms with Crippen LogP contribution in [0.25, 0.3) is 0 Å². The van der Waals surface area contributed by atoms with Gasteiger partial charge in [0.25, 0.3) is 0 Å². The third-order valence-electron chi connectivity index (χ3n) is 6.62. The molecule has 0 saturated heterocycles. The Labute approximate surface area is 212 Å². The van der Waals surface area contributed by atoms with Crippen molar-refractivity contribution >= 4 is 28.7 Å². The van der Waals surface area contributed by atoms with Gasteiger partial charge in [0.1, 0.15) is 17.2 Å². The van der Waals surface area contributed by atoms with Crippen LogP contribution in [-0.4, -0.2) is 28.1 Å². The molecule has 0 saturated carbocycles. The molecule has 2 N–H and O–H groups in total. The Morgan fingerprint density at radius 3 is 2.43 bits per heavy atom. The number of aromatic hydroxyl groups is 2. The summed E-state index contributed by atoms with van der Waals surface area (Å²) in [6.07, 6.45) is 2.38. The molecule has 0 aliphatic carbocycles. The number of thiocarbonyl (C=S) groups is 1. The first-order chi connectivity index (χ1) is 16.7. The van der Waals surface area contributed by atoms with Gasteiger partial charge in [0.2, 0.25) is 5.11 Å². The molecule has 1 heterocycles. The van der Waals surface area contributed by atoms with Gasteiger partial charge in [-0.25, -0.2) is 4.99 Å². The van der Waals surface area contributed by atoms with E-state index in [0.29, 0.717) is 17.3 Å². The van der Waals surface area contributed by atoms with Gasteiger partial charge in [-0.3, -0.25) is 0 Å². The van der Waals surface area contributed by atoms with Crippen molar-refractivity contribution in [2.45, 2.75) is 38.6 Å². The van der Waals surface area contributed by atoms with Gasteiger partial charge in [0, 0.05) is 34.7 Å². The van der Waals surface area contributed by atoms with E-state index < -0.39 is 5.41 Å². The molecule has 180 valence electrons. The third-order valence-corrected chi connectivity index (χ3v) is 6.91. The lowest BCUT2D eigenvalue weighted by molar-refractivity contribution is 0.395. The summed E-state index contributed by atoms with van der Waals surface area (Å²) in [6, 6.07) is 18.5. The SMILES string of the molecule is C=CC(C)(C)c1cc(C2CC(c3ccc(O)cc3)=NC(=S)N2c2ccccc2C)c(OC)cc1O. The lowest BCUT2D eigenvalue weighted by Gasteiger charge is -2.38. The zero-order chi connectivity index (χ0) is 25.3. The second kappa shape index (κ2) is 9.55. The molecule has 0 spiro atoms. The van der Waals surface area contributed by atoms with Crippen LogP contribution in [0.2, 0.25) is 0 Å². The summed E-state index contributed by atoms with van der Waals surface area (Å²) in [6.45, 7) is 10.0. The molecule has 0 fully saturated rings. The first-order valence-electron chi connectivity index (χ1n) is 11.5. The first-order valence-corrected chi connectivity index (χ1v) is 11.9. The van der Waals surface area contributed by atoms with Gasteiger partial charge in [-0.2, -0.15) is 0 Å². The molecule has 0 aromatic heterocycles. The molecule has 1 unspecified atom stereocenters. The number of benzene rings is 3. The van der Waals surface area contributed by atoms with Gasteiger partial charge in [-0.15, -0.1) is 6.58 Å². The second-order valence-electron chi connectivity index (χ2n) is 9.30. The van der Waals surface area contributed by atoms with Gasteiger partial charge < -0.3 is 19.8 Å². The fourth-order valence-electron chi connectivity index (χ4n) is 4.46. The van der Waals surface area contributed by atoms with Crippen LogP contribution < -0.4 is 9.64 Å². The van der Waals surface area contributed by atoms with Crippen molar-refractivity contribution in [3.05, 3.63) is 95.6 Å². The average molecular weight is 487 g/mol. The van der Waals surface area contributed by atoms with E-state index in [0.717, 1.165) is 33.7 Å². The first kappa shape index (κ1) is 24.5. The zero-order valence-corrected chi connectivity index (χ0v) is 21.3. The van der Waals surface area contributed by atoms with Crippen LogP contribution in [0, 0.1) is 6.92 Å². The maximum Gasteiger partial charge on any atom is 0.200 e. The number of rotatable bonds is 6. The van der Waals surface area contributed by atoms with Crippen LogP contribution in [0.5, 0.6) is 17.2 Å². The van der Waals surface area contributed by atoms with Crippen molar-refractivity contribution in [1.82, 2.24) is 0 Å². The normalized spacial score (nSPS) is 16.1. The Hall–Kier alpha value is -3.64. The van der Waals surface area contributed by atoms with Crippen molar-refractivity contribution in [2.24, 2.45) is 4.99 Å². The summed E-state index contributed by atoms with van der Waals surface area (Å²) in [7, 11) is 1.60. The molecule has 3 aromatic carbocycles. The molecule has 0 radical (unpaired) electrons. The maximum atomic E-state index is 10.8. The molecule has 4 rings (SSSR count). The predicted molar refractivity (Wildman–Crippen MR) is 146 cm³/mol. The molecular weight excluding hydrogens is 456 g/mol. The molecule has 1 aliphatic rings. The topological polar surface area (TPSA) is 65.3 Å². The Bertz CT molecular complexity index is 1310. The smallest absolute Gasteiger partial charge is 0.200 e. The number of aryl methyl sites for hydroxylation is 1. The Kier molecular flexibility index (Phi) is 6.68. The zero-order valence-electron chi connectivity index (χ0n) is 20.4. The second-order valence-corrected chi connectivity index (χ2v) is 9.67. The van der Waals surface area contributed by atoms with Crippen molar-refractivity contribution in [1.29, 1.82) is 0 Å². The van der Waals surface area contributed by atoms with Gasteiger partial charge in [0.05, 0.1) is 18.9 Å². The van der Waals surface area contributed by atoms with Gasteiger partial charge in [0.15, 0.2) is 0 Å². The Morgan fingerprint density at radius 2 is 1.80 bits per heavy atom. The molecule has 1 aliphatic heterocycles. The lowest BCUT2D eigenvalue weighted by Crippen LogP contribution is -2.39. The highest BCUT2D eigenvalue weighted by Crippen LogP contribution is 2.44. The van der Waals surface area contributed by atoms with Crippen molar-refractivity contribution in [3.63, 3.8) is 0 Å². The number of allylic oxidation sites excluding steroid dienone is 1. The lowest BCUT2D eigenvalue weighted by atomic mass is 9.81. The number of methoxy groups -OCH3 is 1. The van der Waals surface area contributed by atoms with E-state index in [2.05, 4.69) is 24.5 Å². The van der Waals surface area contributed by atoms with Gasteiger partial charge >= 0.3 is 0 Å². The van der Waals surface area contributed by atoms with Crippen molar-refractivity contribution in [3.8, 4) is 17.2 Å². The van der Waals surface area contributed by atoms with Crippen LogP contribution >= 0.6 is 12.2 Å². The number of phenols is 2. The summed E-state index contributed by atoms with van der Waals surface area (Å²) in [5, 5.41) is 21.0. The minimum absolute atomic E-state index is 0.156. The highest BCUT2D eigenvalue weighted by atomic mass is 32.1. The summed E-state index contributed by atoms with van der Waals surface area (Å²) in [5.74, 6) is 0.926. The van der Waals surface area contributed by atoms with Gasteiger partial charge in [-0.1, -0.05) is 38.1 Å². The molecule has 5 nitrogen and oxygen atoms in total. The van der Waals surface area contributed by atoms with E-state index >= 15 is 0 Å². The number of phenolic OH excluding ortho intramolecular Hbond substituents is 2.